The average Bonchev–Trinajstić information content (AvgIpc) is 3.29. The van der Waals surface area contributed by atoms with E-state index in [1.165, 1.54) is 185 Å². The Labute approximate surface area is 399 Å². The molecule has 2 atom stereocenters. The van der Waals surface area contributed by atoms with Crippen LogP contribution in [0.1, 0.15) is 244 Å². The Morgan fingerprint density at radius 1 is 0.394 bits per heavy atom. The fourth-order valence-electron chi connectivity index (χ4n) is 8.22. The number of anilines is 3. The van der Waals surface area contributed by atoms with E-state index in [-0.39, 0.29) is 28.5 Å². The van der Waals surface area contributed by atoms with E-state index in [0.717, 1.165) is 38.5 Å². The van der Waals surface area contributed by atoms with Gasteiger partial charge in [-0.3, -0.25) is 30.3 Å². The molecule has 0 aliphatic rings. The molecule has 0 fully saturated rings. The number of nitrogen functional groups attached to an aromatic ring is 3. The van der Waals surface area contributed by atoms with E-state index in [9.17, 15) is 30.3 Å². The summed E-state index contributed by atoms with van der Waals surface area (Å²) in [6.07, 6.45) is 39.7. The van der Waals surface area contributed by atoms with Gasteiger partial charge in [0.05, 0.1) is 20.5 Å². The largest absolute Gasteiger partial charge is 0.397 e. The number of benzene rings is 2. The minimum absolute atomic E-state index is 0.0168. The molecule has 2 unspecified atom stereocenters. The van der Waals surface area contributed by atoms with Crippen molar-refractivity contribution in [1.29, 1.82) is 0 Å². The number of nitrogens with two attached hydrogens (primary N) is 3. The number of nitrogens with zero attached hydrogens (tertiary/aromatic N) is 3. The molecule has 0 saturated heterocycles. The van der Waals surface area contributed by atoms with Crippen LogP contribution in [0.2, 0.25) is 0 Å². The van der Waals surface area contributed by atoms with Crippen molar-refractivity contribution < 1.29 is 14.8 Å². The van der Waals surface area contributed by atoms with Crippen LogP contribution in [0.4, 0.5) is 34.1 Å². The molecule has 0 aliphatic heterocycles. The Bertz CT molecular complexity index is 1760. The van der Waals surface area contributed by atoms with Gasteiger partial charge in [-0.1, -0.05) is 231 Å². The lowest BCUT2D eigenvalue weighted by atomic mass is 9.94. The molecule has 66 heavy (non-hydrogen) atoms. The highest BCUT2D eigenvalue weighted by Gasteiger charge is 2.24. The van der Waals surface area contributed by atoms with E-state index in [1.54, 1.807) is 6.07 Å². The third kappa shape index (κ3) is 27.6. The van der Waals surface area contributed by atoms with Crippen LogP contribution in [0.3, 0.4) is 0 Å². The summed E-state index contributed by atoms with van der Waals surface area (Å²) in [6.45, 7) is 8.93. The Kier molecular flexibility index (Phi) is 34.3. The minimum atomic E-state index is -0.693. The van der Waals surface area contributed by atoms with Crippen LogP contribution in [0.25, 0.3) is 0 Å². The van der Waals surface area contributed by atoms with Crippen LogP contribution in [-0.2, 0) is 0 Å². The van der Waals surface area contributed by atoms with Gasteiger partial charge in [0.1, 0.15) is 5.69 Å². The maximum Gasteiger partial charge on any atom is 0.300 e. The molecule has 0 amide bonds. The lowest BCUT2D eigenvalue weighted by Gasteiger charge is -2.11. The number of rotatable bonds is 35. The van der Waals surface area contributed by atoms with Crippen molar-refractivity contribution in [3.63, 3.8) is 0 Å². The van der Waals surface area contributed by atoms with Gasteiger partial charge in [-0.2, -0.15) is 0 Å². The first-order valence-corrected chi connectivity index (χ1v) is 26.0. The number of hydrogen-bond donors (Lipinski definition) is 3. The summed E-state index contributed by atoms with van der Waals surface area (Å²) in [5, 5.41) is 33.8. The minimum Gasteiger partial charge on any atom is -0.397 e. The topological polar surface area (TPSA) is 207 Å². The summed E-state index contributed by atoms with van der Waals surface area (Å²) in [5.41, 5.74) is 16.8. The van der Waals surface area contributed by atoms with Crippen LogP contribution < -0.4 is 17.2 Å². The highest BCUT2D eigenvalue weighted by atomic mass is 16.6. The van der Waals surface area contributed by atoms with Crippen LogP contribution >= 0.6 is 0 Å². The molecule has 12 nitrogen and oxygen atoms in total. The van der Waals surface area contributed by atoms with E-state index in [1.807, 2.05) is 0 Å². The van der Waals surface area contributed by atoms with E-state index in [2.05, 4.69) is 51.4 Å². The first-order valence-electron chi connectivity index (χ1n) is 26.0. The first-order chi connectivity index (χ1) is 31.9. The summed E-state index contributed by atoms with van der Waals surface area (Å²) in [7, 11) is 0. The highest BCUT2D eigenvalue weighted by Crippen LogP contribution is 2.33. The molecule has 2 rings (SSSR count). The molecule has 0 saturated carbocycles. The molecular formula is C54H88N6O6. The van der Waals surface area contributed by atoms with Gasteiger partial charge in [-0.15, -0.1) is 0 Å². The molecule has 0 bridgehead atoms. The summed E-state index contributed by atoms with van der Waals surface area (Å²) in [5.74, 6) is 13.3. The number of unbranched alkanes of at least 4 members (excludes halogenated alkanes) is 24. The highest BCUT2D eigenvalue weighted by molar-refractivity contribution is 5.76. The summed E-state index contributed by atoms with van der Waals surface area (Å²) >= 11 is 0. The second-order valence-electron chi connectivity index (χ2n) is 18.3. The van der Waals surface area contributed by atoms with Crippen LogP contribution in [0.15, 0.2) is 24.3 Å². The molecule has 0 radical (unpaired) electrons. The van der Waals surface area contributed by atoms with Gasteiger partial charge < -0.3 is 17.2 Å². The van der Waals surface area contributed by atoms with E-state index in [0.29, 0.717) is 11.5 Å². The quantitative estimate of drug-likeness (QED) is 0.0197. The maximum absolute atomic E-state index is 11.3. The molecular weight excluding hydrogens is 829 g/mol. The molecule has 2 aromatic carbocycles. The zero-order valence-corrected chi connectivity index (χ0v) is 41.6. The average molecular weight is 917 g/mol. The molecule has 370 valence electrons. The third-order valence-corrected chi connectivity index (χ3v) is 12.4. The number of nitro groups is 3. The normalized spacial score (nSPS) is 11.6. The van der Waals surface area contributed by atoms with Crippen molar-refractivity contribution in [2.45, 2.75) is 233 Å². The van der Waals surface area contributed by atoms with Gasteiger partial charge in [0, 0.05) is 41.2 Å². The smallest absolute Gasteiger partial charge is 0.300 e. The Hall–Kier alpha value is -4.84. The summed E-state index contributed by atoms with van der Waals surface area (Å²) in [4.78, 5) is 31.9. The standard InChI is InChI=1S/C27H43N3O4.C27H45N3O2/c1-3-5-7-9-11-12-14-16-18-23(17-15-13-10-8-6-4-2)19-20-24-21-25(29(31)32)27(28)26(22-24)30(33)34;1-3-5-7-9-11-12-14-16-18-23(17-15-13-10-8-6-4-2)19-20-24-21-25(28)27(29)26(22-24)30(31)32/h21-23H,3-18,28H2,1-2H3;21-23H,3-18,28-29H2,1-2H3. The monoisotopic (exact) mass is 917 g/mol. The van der Waals surface area contributed by atoms with Gasteiger partial charge in [-0.05, 0) is 31.7 Å². The Morgan fingerprint density at radius 3 is 0.909 bits per heavy atom. The van der Waals surface area contributed by atoms with Gasteiger partial charge in [0.2, 0.25) is 0 Å². The van der Waals surface area contributed by atoms with Gasteiger partial charge in [-0.25, -0.2) is 0 Å². The van der Waals surface area contributed by atoms with Crippen molar-refractivity contribution >= 4 is 34.1 Å². The molecule has 6 N–H and O–H groups in total. The number of hydrogen-bond acceptors (Lipinski definition) is 9. The lowest BCUT2D eigenvalue weighted by Crippen LogP contribution is -2.02. The Balaban J connectivity index is 0.000000661. The van der Waals surface area contributed by atoms with E-state index in [4.69, 9.17) is 17.2 Å². The fourth-order valence-corrected chi connectivity index (χ4v) is 8.22. The maximum atomic E-state index is 11.3. The van der Waals surface area contributed by atoms with Crippen molar-refractivity contribution in [2.24, 2.45) is 11.8 Å². The van der Waals surface area contributed by atoms with Crippen LogP contribution in [0.5, 0.6) is 0 Å². The van der Waals surface area contributed by atoms with Gasteiger partial charge in [0.15, 0.2) is 5.69 Å². The summed E-state index contributed by atoms with van der Waals surface area (Å²) in [6, 6.07) is 5.57. The molecule has 0 spiro atoms. The molecule has 0 aliphatic carbocycles. The molecule has 2 aromatic rings. The molecule has 0 aromatic heterocycles. The second kappa shape index (κ2) is 38.3. The van der Waals surface area contributed by atoms with Crippen molar-refractivity contribution in [2.75, 3.05) is 17.2 Å². The lowest BCUT2D eigenvalue weighted by molar-refractivity contribution is -0.392. The van der Waals surface area contributed by atoms with Crippen molar-refractivity contribution in [3.05, 3.63) is 65.7 Å². The first kappa shape index (κ1) is 59.2. The molecule has 12 heteroatoms. The molecule has 0 heterocycles. The van der Waals surface area contributed by atoms with Crippen LogP contribution in [-0.4, -0.2) is 14.8 Å². The second-order valence-corrected chi connectivity index (χ2v) is 18.3. The zero-order valence-electron chi connectivity index (χ0n) is 41.6. The van der Waals surface area contributed by atoms with E-state index >= 15 is 0 Å². The zero-order chi connectivity index (χ0) is 48.8. The van der Waals surface area contributed by atoms with Crippen LogP contribution in [0, 0.1) is 65.9 Å². The third-order valence-electron chi connectivity index (χ3n) is 12.4. The predicted molar refractivity (Wildman–Crippen MR) is 277 cm³/mol. The van der Waals surface area contributed by atoms with Crippen molar-refractivity contribution in [1.82, 2.24) is 0 Å². The SMILES string of the molecule is CCCCCCCCCCC(C#Cc1cc(N)c(N)c([N+](=O)[O-])c1)CCCCCCCC.CCCCCCCCCCC(C#Cc1cc([N+](=O)[O-])c(N)c([N+](=O)[O-])c1)CCCCCCCC. The summed E-state index contributed by atoms with van der Waals surface area (Å²) < 4.78 is 0. The predicted octanol–water partition coefficient (Wildman–Crippen LogP) is 16.3. The van der Waals surface area contributed by atoms with E-state index < -0.39 is 31.8 Å². The Morgan fingerprint density at radius 2 is 0.636 bits per heavy atom. The van der Waals surface area contributed by atoms with Crippen molar-refractivity contribution in [3.8, 4) is 23.7 Å². The fraction of sp³-hybridized carbons (Fsp3) is 0.704. The van der Waals surface area contributed by atoms with Gasteiger partial charge >= 0.3 is 0 Å². The number of nitro benzene ring substituents is 3. The van der Waals surface area contributed by atoms with Gasteiger partial charge in [0.25, 0.3) is 17.1 Å².